The molecular formula is C14H18N2O2S. The number of hydrogen-bond acceptors (Lipinski definition) is 4. The fourth-order valence-corrected chi connectivity index (χ4v) is 2.99. The van der Waals surface area contributed by atoms with E-state index >= 15 is 0 Å². The van der Waals surface area contributed by atoms with Crippen molar-refractivity contribution in [1.29, 1.82) is 0 Å². The monoisotopic (exact) mass is 278 g/mol. The number of para-hydroxylation sites is 2. The van der Waals surface area contributed by atoms with Gasteiger partial charge in [0.25, 0.3) is 4.84 Å². The van der Waals surface area contributed by atoms with E-state index in [1.807, 2.05) is 24.3 Å². The molecule has 0 radical (unpaired) electrons. The van der Waals surface area contributed by atoms with Gasteiger partial charge in [0.05, 0.1) is 24.4 Å². The smallest absolute Gasteiger partial charge is 0.270 e. The van der Waals surface area contributed by atoms with E-state index < -0.39 is 0 Å². The zero-order chi connectivity index (χ0) is 13.4. The molecule has 2 aromatic rings. The van der Waals surface area contributed by atoms with E-state index in [1.165, 1.54) is 0 Å². The van der Waals surface area contributed by atoms with Crippen LogP contribution in [0.3, 0.4) is 0 Å². The van der Waals surface area contributed by atoms with Crippen LogP contribution in [0.2, 0.25) is 0 Å². The summed E-state index contributed by atoms with van der Waals surface area (Å²) in [6.45, 7) is 6.82. The van der Waals surface area contributed by atoms with Crippen molar-refractivity contribution < 1.29 is 9.15 Å². The van der Waals surface area contributed by atoms with Crippen molar-refractivity contribution in [2.24, 2.45) is 0 Å². The third-order valence-electron chi connectivity index (χ3n) is 3.41. The Balaban J connectivity index is 1.89. The van der Waals surface area contributed by atoms with Gasteiger partial charge in [0.2, 0.25) is 0 Å². The minimum atomic E-state index is 0.260. The van der Waals surface area contributed by atoms with Crippen LogP contribution in [-0.2, 0) is 11.4 Å². The number of oxazole rings is 1. The van der Waals surface area contributed by atoms with Crippen LogP contribution in [0.15, 0.2) is 28.7 Å². The highest BCUT2D eigenvalue weighted by molar-refractivity contribution is 7.71. The standard InChI is InChI=1S/C14H18N2O2S/c1-10-7-15(8-11(2)17-10)9-16-12-5-3-4-6-13(12)18-14(16)19/h3-6,10-11H,7-9H2,1-2H3/t10-,11-/m1/s1. The Morgan fingerprint density at radius 3 is 2.63 bits per heavy atom. The molecule has 4 nitrogen and oxygen atoms in total. The highest BCUT2D eigenvalue weighted by Gasteiger charge is 2.23. The molecular weight excluding hydrogens is 260 g/mol. The van der Waals surface area contributed by atoms with Gasteiger partial charge in [-0.3, -0.25) is 9.47 Å². The molecule has 1 aliphatic heterocycles. The lowest BCUT2D eigenvalue weighted by Crippen LogP contribution is -2.45. The van der Waals surface area contributed by atoms with Gasteiger partial charge >= 0.3 is 0 Å². The molecule has 0 aliphatic carbocycles. The molecule has 0 bridgehead atoms. The van der Waals surface area contributed by atoms with Crippen LogP contribution in [0.1, 0.15) is 13.8 Å². The average Bonchev–Trinajstić information content (AvgIpc) is 2.65. The summed E-state index contributed by atoms with van der Waals surface area (Å²) >= 11 is 5.32. The molecule has 102 valence electrons. The molecule has 0 amide bonds. The number of benzene rings is 1. The number of morpholine rings is 1. The van der Waals surface area contributed by atoms with Gasteiger partial charge in [-0.15, -0.1) is 0 Å². The van der Waals surface area contributed by atoms with Crippen LogP contribution < -0.4 is 0 Å². The van der Waals surface area contributed by atoms with Gasteiger partial charge < -0.3 is 9.15 Å². The van der Waals surface area contributed by atoms with Gasteiger partial charge in [-0.1, -0.05) is 12.1 Å². The van der Waals surface area contributed by atoms with E-state index in [9.17, 15) is 0 Å². The van der Waals surface area contributed by atoms with Crippen molar-refractivity contribution in [2.45, 2.75) is 32.7 Å². The van der Waals surface area contributed by atoms with Crippen LogP contribution in [0.25, 0.3) is 11.1 Å². The summed E-state index contributed by atoms with van der Waals surface area (Å²) in [6, 6.07) is 7.96. The summed E-state index contributed by atoms with van der Waals surface area (Å²) in [6.07, 6.45) is 0.521. The molecule has 3 rings (SSSR count). The lowest BCUT2D eigenvalue weighted by Gasteiger charge is -2.35. The van der Waals surface area contributed by atoms with Crippen LogP contribution in [0.5, 0.6) is 0 Å². The summed E-state index contributed by atoms with van der Waals surface area (Å²) in [4.78, 5) is 2.89. The van der Waals surface area contributed by atoms with E-state index in [4.69, 9.17) is 21.4 Å². The second-order valence-corrected chi connectivity index (χ2v) is 5.55. The van der Waals surface area contributed by atoms with E-state index in [0.717, 1.165) is 30.9 Å². The Bertz CT molecular complexity index is 624. The number of rotatable bonds is 2. The summed E-state index contributed by atoms with van der Waals surface area (Å²) in [7, 11) is 0. The lowest BCUT2D eigenvalue weighted by atomic mass is 10.2. The number of ether oxygens (including phenoxy) is 1. The van der Waals surface area contributed by atoms with E-state index in [-0.39, 0.29) is 12.2 Å². The summed E-state index contributed by atoms with van der Waals surface area (Å²) in [5.74, 6) is 0. The topological polar surface area (TPSA) is 30.5 Å². The molecule has 1 saturated heterocycles. The van der Waals surface area contributed by atoms with Crippen molar-refractivity contribution >= 4 is 23.3 Å². The van der Waals surface area contributed by atoms with Gasteiger partial charge in [-0.25, -0.2) is 0 Å². The van der Waals surface area contributed by atoms with Crippen molar-refractivity contribution in [2.75, 3.05) is 13.1 Å². The maximum Gasteiger partial charge on any atom is 0.270 e. The van der Waals surface area contributed by atoms with E-state index in [0.29, 0.717) is 4.84 Å². The SMILES string of the molecule is C[C@@H]1CN(Cn2c(=S)oc3ccccc32)C[C@@H](C)O1. The third-order valence-corrected chi connectivity index (χ3v) is 3.71. The number of fused-ring (bicyclic) bond motifs is 1. The zero-order valence-corrected chi connectivity index (χ0v) is 12.0. The van der Waals surface area contributed by atoms with Gasteiger partial charge in [0, 0.05) is 13.1 Å². The zero-order valence-electron chi connectivity index (χ0n) is 11.2. The molecule has 1 aliphatic rings. The molecule has 0 unspecified atom stereocenters. The number of hydrogen-bond donors (Lipinski definition) is 0. The Labute approximate surface area is 117 Å². The first-order chi connectivity index (χ1) is 9.13. The molecule has 1 aromatic heterocycles. The highest BCUT2D eigenvalue weighted by Crippen LogP contribution is 2.19. The van der Waals surface area contributed by atoms with E-state index in [1.54, 1.807) is 0 Å². The summed E-state index contributed by atoms with van der Waals surface area (Å²) in [5.41, 5.74) is 1.90. The second-order valence-electron chi connectivity index (χ2n) is 5.20. The summed E-state index contributed by atoms with van der Waals surface area (Å²) < 4.78 is 13.4. The molecule has 0 saturated carbocycles. The third kappa shape index (κ3) is 2.59. The molecule has 1 fully saturated rings. The average molecular weight is 278 g/mol. The molecule has 5 heteroatoms. The minimum Gasteiger partial charge on any atom is -0.429 e. The maximum atomic E-state index is 5.75. The van der Waals surface area contributed by atoms with Crippen LogP contribution in [0, 0.1) is 4.84 Å². The van der Waals surface area contributed by atoms with Crippen molar-refractivity contribution in [3.63, 3.8) is 0 Å². The van der Waals surface area contributed by atoms with Crippen LogP contribution in [-0.4, -0.2) is 34.8 Å². The molecule has 1 aromatic carbocycles. The normalized spacial score (nSPS) is 24.9. The van der Waals surface area contributed by atoms with E-state index in [2.05, 4.69) is 23.3 Å². The molecule has 19 heavy (non-hydrogen) atoms. The first kappa shape index (κ1) is 12.8. The second kappa shape index (κ2) is 5.07. The first-order valence-corrected chi connectivity index (χ1v) is 7.00. The van der Waals surface area contributed by atoms with Crippen molar-refractivity contribution in [1.82, 2.24) is 9.47 Å². The fourth-order valence-electron chi connectivity index (χ4n) is 2.75. The van der Waals surface area contributed by atoms with Gasteiger partial charge in [-0.2, -0.15) is 0 Å². The first-order valence-electron chi connectivity index (χ1n) is 6.59. The number of aromatic nitrogens is 1. The molecule has 2 atom stereocenters. The lowest BCUT2D eigenvalue weighted by molar-refractivity contribution is -0.0764. The van der Waals surface area contributed by atoms with Crippen molar-refractivity contribution in [3.05, 3.63) is 29.1 Å². The van der Waals surface area contributed by atoms with Gasteiger partial charge in [-0.05, 0) is 38.2 Å². The highest BCUT2D eigenvalue weighted by atomic mass is 32.1. The maximum absolute atomic E-state index is 5.75. The molecule has 0 spiro atoms. The van der Waals surface area contributed by atoms with Gasteiger partial charge in [0.15, 0.2) is 5.58 Å². The number of nitrogens with zero attached hydrogens (tertiary/aromatic N) is 2. The minimum absolute atomic E-state index is 0.260. The Morgan fingerprint density at radius 2 is 1.89 bits per heavy atom. The predicted octanol–water partition coefficient (Wildman–Crippen LogP) is 3.03. The largest absolute Gasteiger partial charge is 0.429 e. The van der Waals surface area contributed by atoms with Crippen molar-refractivity contribution in [3.8, 4) is 0 Å². The Kier molecular flexibility index (Phi) is 3.43. The van der Waals surface area contributed by atoms with Crippen LogP contribution >= 0.6 is 12.2 Å². The molecule has 2 heterocycles. The Morgan fingerprint density at radius 1 is 1.21 bits per heavy atom. The Hall–Kier alpha value is -1.17. The summed E-state index contributed by atoms with van der Waals surface area (Å²) in [5, 5.41) is 0. The fraction of sp³-hybridized carbons (Fsp3) is 0.500. The van der Waals surface area contributed by atoms with Gasteiger partial charge in [0.1, 0.15) is 0 Å². The van der Waals surface area contributed by atoms with Crippen LogP contribution in [0.4, 0.5) is 0 Å². The quantitative estimate of drug-likeness (QED) is 0.790. The predicted molar refractivity (Wildman–Crippen MR) is 76.6 cm³/mol. The molecule has 0 N–H and O–H groups in total.